The number of nitrogens with zero attached hydrogens (tertiary/aromatic N) is 1. The molecule has 108 valence electrons. The molecule has 0 aromatic carbocycles. The van der Waals surface area contributed by atoms with Crippen LogP contribution in [0.2, 0.25) is 0 Å². The first-order valence-electron chi connectivity index (χ1n) is 7.60. The summed E-state index contributed by atoms with van der Waals surface area (Å²) in [6.45, 7) is 9.79. The van der Waals surface area contributed by atoms with E-state index in [1.165, 1.54) is 25.7 Å². The van der Waals surface area contributed by atoms with Crippen LogP contribution in [-0.4, -0.2) is 50.3 Å². The zero-order valence-electron chi connectivity index (χ0n) is 13.0. The average Bonchev–Trinajstić information content (AvgIpc) is 2.40. The minimum atomic E-state index is 0.276. The van der Waals surface area contributed by atoms with E-state index in [9.17, 15) is 0 Å². The van der Waals surface area contributed by atoms with Crippen LogP contribution < -0.4 is 5.32 Å². The number of hydrogen-bond acceptors (Lipinski definition) is 3. The van der Waals surface area contributed by atoms with E-state index in [1.54, 1.807) is 0 Å². The van der Waals surface area contributed by atoms with E-state index in [2.05, 4.69) is 45.1 Å². The molecule has 1 heterocycles. The van der Waals surface area contributed by atoms with Crippen molar-refractivity contribution >= 4 is 0 Å². The van der Waals surface area contributed by atoms with Crippen LogP contribution in [0.3, 0.4) is 0 Å². The maximum Gasteiger partial charge on any atom is 0.0469 e. The monoisotopic (exact) mass is 256 g/mol. The second-order valence-corrected chi connectivity index (χ2v) is 5.69. The molecule has 0 bridgehead atoms. The zero-order valence-corrected chi connectivity index (χ0v) is 13.0. The van der Waals surface area contributed by atoms with E-state index < -0.39 is 0 Å². The summed E-state index contributed by atoms with van der Waals surface area (Å²) in [4.78, 5) is 2.44. The van der Waals surface area contributed by atoms with Gasteiger partial charge in [0, 0.05) is 24.8 Å². The fourth-order valence-corrected chi connectivity index (χ4v) is 3.66. The summed E-state index contributed by atoms with van der Waals surface area (Å²) in [6, 6.07) is 0.580. The summed E-state index contributed by atoms with van der Waals surface area (Å²) < 4.78 is 5.53. The molecular formula is C15H32N2O. The van der Waals surface area contributed by atoms with Crippen molar-refractivity contribution in [2.75, 3.05) is 33.9 Å². The third-order valence-electron chi connectivity index (χ3n) is 4.86. The van der Waals surface area contributed by atoms with Crippen molar-refractivity contribution in [3.63, 3.8) is 0 Å². The Balaban J connectivity index is 2.91. The van der Waals surface area contributed by atoms with Gasteiger partial charge in [-0.3, -0.25) is 0 Å². The van der Waals surface area contributed by atoms with Gasteiger partial charge in [0.2, 0.25) is 0 Å². The lowest BCUT2D eigenvalue weighted by molar-refractivity contribution is 0.00445. The Bertz CT molecular complexity index is 221. The number of nitrogens with one attached hydrogen (secondary N) is 1. The van der Waals surface area contributed by atoms with Gasteiger partial charge >= 0.3 is 0 Å². The van der Waals surface area contributed by atoms with Gasteiger partial charge < -0.3 is 15.0 Å². The summed E-state index contributed by atoms with van der Waals surface area (Å²) in [6.07, 6.45) is 4.80. The van der Waals surface area contributed by atoms with Gasteiger partial charge in [0.25, 0.3) is 0 Å². The van der Waals surface area contributed by atoms with Crippen LogP contribution in [-0.2, 0) is 4.74 Å². The smallest absolute Gasteiger partial charge is 0.0469 e. The van der Waals surface area contributed by atoms with Gasteiger partial charge in [-0.05, 0) is 52.2 Å². The fraction of sp³-hybridized carbons (Fsp3) is 1.00. The maximum atomic E-state index is 5.53. The number of hydrogen-bond donors (Lipinski definition) is 1. The summed E-state index contributed by atoms with van der Waals surface area (Å²) in [7, 11) is 4.47. The molecule has 0 spiro atoms. The van der Waals surface area contributed by atoms with Crippen molar-refractivity contribution < 1.29 is 4.74 Å². The minimum Gasteiger partial charge on any atom is -0.381 e. The van der Waals surface area contributed by atoms with Crippen molar-refractivity contribution in [3.8, 4) is 0 Å². The molecule has 1 atom stereocenters. The predicted molar refractivity (Wildman–Crippen MR) is 78.0 cm³/mol. The summed E-state index contributed by atoms with van der Waals surface area (Å²) in [5, 5.41) is 3.78. The molecule has 0 aliphatic carbocycles. The molecule has 1 fully saturated rings. The van der Waals surface area contributed by atoms with Crippen molar-refractivity contribution in [2.45, 2.75) is 58.0 Å². The van der Waals surface area contributed by atoms with Crippen molar-refractivity contribution in [2.24, 2.45) is 5.92 Å². The standard InChI is InChI=1S/C15H32N2O/c1-6-15(7-2,17(4)5)14(16-8-3)13-9-11-18-12-10-13/h13-14,16H,6-12H2,1-5H3. The van der Waals surface area contributed by atoms with Gasteiger partial charge in [0.1, 0.15) is 0 Å². The predicted octanol–water partition coefficient (Wildman–Crippen LogP) is 2.51. The van der Waals surface area contributed by atoms with Gasteiger partial charge in [-0.1, -0.05) is 20.8 Å². The molecular weight excluding hydrogens is 224 g/mol. The third-order valence-corrected chi connectivity index (χ3v) is 4.86. The van der Waals surface area contributed by atoms with Crippen molar-refractivity contribution in [1.29, 1.82) is 0 Å². The minimum absolute atomic E-state index is 0.276. The van der Waals surface area contributed by atoms with Gasteiger partial charge in [-0.25, -0.2) is 0 Å². The lowest BCUT2D eigenvalue weighted by atomic mass is 9.74. The quantitative estimate of drug-likeness (QED) is 0.757. The molecule has 0 aromatic rings. The number of rotatable bonds is 7. The Kier molecular flexibility index (Phi) is 6.61. The summed E-state index contributed by atoms with van der Waals surface area (Å²) >= 11 is 0. The van der Waals surface area contributed by atoms with Crippen LogP contribution in [0.25, 0.3) is 0 Å². The van der Waals surface area contributed by atoms with E-state index in [0.717, 1.165) is 25.7 Å². The van der Waals surface area contributed by atoms with E-state index in [0.29, 0.717) is 6.04 Å². The van der Waals surface area contributed by atoms with E-state index >= 15 is 0 Å². The highest BCUT2D eigenvalue weighted by Gasteiger charge is 2.41. The molecule has 3 heteroatoms. The highest BCUT2D eigenvalue weighted by molar-refractivity contribution is 5.00. The second kappa shape index (κ2) is 7.46. The molecule has 3 nitrogen and oxygen atoms in total. The Morgan fingerprint density at radius 3 is 2.11 bits per heavy atom. The van der Waals surface area contributed by atoms with Crippen LogP contribution in [0.1, 0.15) is 46.5 Å². The first-order chi connectivity index (χ1) is 8.62. The van der Waals surface area contributed by atoms with E-state index in [1.807, 2.05) is 0 Å². The largest absolute Gasteiger partial charge is 0.381 e. The van der Waals surface area contributed by atoms with E-state index in [-0.39, 0.29) is 5.54 Å². The molecule has 1 aliphatic rings. The molecule has 1 rings (SSSR count). The molecule has 1 aliphatic heterocycles. The highest BCUT2D eigenvalue weighted by atomic mass is 16.5. The van der Waals surface area contributed by atoms with E-state index in [4.69, 9.17) is 4.74 Å². The van der Waals surface area contributed by atoms with Crippen LogP contribution in [0.4, 0.5) is 0 Å². The maximum absolute atomic E-state index is 5.53. The average molecular weight is 256 g/mol. The first-order valence-corrected chi connectivity index (χ1v) is 7.60. The van der Waals surface area contributed by atoms with Gasteiger partial charge in [0.05, 0.1) is 0 Å². The lowest BCUT2D eigenvalue weighted by Crippen LogP contribution is -2.62. The molecule has 1 unspecified atom stereocenters. The molecule has 18 heavy (non-hydrogen) atoms. The Morgan fingerprint density at radius 2 is 1.72 bits per heavy atom. The fourth-order valence-electron chi connectivity index (χ4n) is 3.66. The summed E-state index contributed by atoms with van der Waals surface area (Å²) in [5.74, 6) is 0.751. The molecule has 0 aromatic heterocycles. The summed E-state index contributed by atoms with van der Waals surface area (Å²) in [5.41, 5.74) is 0.276. The molecule has 1 N–H and O–H groups in total. The van der Waals surface area contributed by atoms with Crippen LogP contribution in [0.5, 0.6) is 0 Å². The van der Waals surface area contributed by atoms with Gasteiger partial charge in [-0.15, -0.1) is 0 Å². The number of ether oxygens (including phenoxy) is 1. The Morgan fingerprint density at radius 1 is 1.17 bits per heavy atom. The van der Waals surface area contributed by atoms with Gasteiger partial charge in [0.15, 0.2) is 0 Å². The SMILES string of the molecule is CCNC(C1CCOCC1)C(CC)(CC)N(C)C. The molecule has 1 saturated heterocycles. The lowest BCUT2D eigenvalue weighted by Gasteiger charge is -2.49. The molecule has 0 radical (unpaired) electrons. The first kappa shape index (κ1) is 15.9. The topological polar surface area (TPSA) is 24.5 Å². The van der Waals surface area contributed by atoms with Crippen molar-refractivity contribution in [3.05, 3.63) is 0 Å². The Labute approximate surface area is 113 Å². The number of likely N-dealkylation sites (N-methyl/N-ethyl adjacent to an activating group) is 2. The Hall–Kier alpha value is -0.120. The third kappa shape index (κ3) is 3.25. The normalized spacial score (nSPS) is 20.3. The van der Waals surface area contributed by atoms with Crippen molar-refractivity contribution in [1.82, 2.24) is 10.2 Å². The molecule has 0 amide bonds. The van der Waals surface area contributed by atoms with Crippen LogP contribution >= 0.6 is 0 Å². The van der Waals surface area contributed by atoms with Crippen LogP contribution in [0.15, 0.2) is 0 Å². The zero-order chi connectivity index (χ0) is 13.6. The van der Waals surface area contributed by atoms with Gasteiger partial charge in [-0.2, -0.15) is 0 Å². The second-order valence-electron chi connectivity index (χ2n) is 5.69. The molecule has 0 saturated carbocycles. The van der Waals surface area contributed by atoms with Crippen LogP contribution in [0, 0.1) is 5.92 Å². The highest BCUT2D eigenvalue weighted by Crippen LogP contribution is 2.34.